The lowest BCUT2D eigenvalue weighted by atomic mass is 9.99. The zero-order chi connectivity index (χ0) is 10.1. The van der Waals surface area contributed by atoms with Gasteiger partial charge in [0.1, 0.15) is 0 Å². The van der Waals surface area contributed by atoms with Crippen LogP contribution in [0.25, 0.3) is 10.8 Å². The molecule has 0 atom stereocenters. The lowest BCUT2D eigenvalue weighted by Crippen LogP contribution is -1.97. The maximum Gasteiger partial charge on any atom is 0.0414 e. The third kappa shape index (κ3) is 1.20. The summed E-state index contributed by atoms with van der Waals surface area (Å²) in [6, 6.07) is 9.96. The first-order chi connectivity index (χ1) is 6.74. The highest BCUT2D eigenvalue weighted by Gasteiger charge is 2.05. The van der Waals surface area contributed by atoms with Gasteiger partial charge in [-0.05, 0) is 23.4 Å². The Morgan fingerprint density at radius 2 is 1.64 bits per heavy atom. The molecule has 0 aliphatic rings. The monoisotopic (exact) mass is 186 g/mol. The molecule has 0 amide bonds. The van der Waals surface area contributed by atoms with E-state index in [1.807, 2.05) is 24.3 Å². The van der Waals surface area contributed by atoms with Crippen LogP contribution in [0.2, 0.25) is 0 Å². The second-order valence-electron chi connectivity index (χ2n) is 3.43. The third-order valence-corrected chi connectivity index (χ3v) is 2.58. The lowest BCUT2D eigenvalue weighted by Gasteiger charge is -2.10. The van der Waals surface area contributed by atoms with Crippen molar-refractivity contribution in [2.24, 2.45) is 0 Å². The molecule has 2 aromatic rings. The van der Waals surface area contributed by atoms with E-state index in [2.05, 4.69) is 13.0 Å². The van der Waals surface area contributed by atoms with E-state index in [1.165, 1.54) is 10.9 Å². The van der Waals surface area contributed by atoms with Gasteiger partial charge in [-0.3, -0.25) is 0 Å². The summed E-state index contributed by atoms with van der Waals surface area (Å²) in [5.41, 5.74) is 14.6. The van der Waals surface area contributed by atoms with Crippen LogP contribution in [-0.2, 0) is 6.42 Å². The summed E-state index contributed by atoms with van der Waals surface area (Å²) in [5, 5.41) is 2.27. The van der Waals surface area contributed by atoms with E-state index >= 15 is 0 Å². The number of hydrogen-bond donors (Lipinski definition) is 2. The van der Waals surface area contributed by atoms with Crippen molar-refractivity contribution in [3.8, 4) is 0 Å². The standard InChI is InChI=1S/C12H14N2/c1-2-8-9-5-3-4-6-10(9)12(14)7-11(8)13/h3-7H,2,13-14H2,1H3. The summed E-state index contributed by atoms with van der Waals surface area (Å²) in [5.74, 6) is 0. The molecule has 0 saturated heterocycles. The fraction of sp³-hybridized carbons (Fsp3) is 0.167. The predicted molar refractivity (Wildman–Crippen MR) is 62.2 cm³/mol. The number of nitrogen functional groups attached to an aromatic ring is 2. The Hall–Kier alpha value is -1.70. The third-order valence-electron chi connectivity index (χ3n) is 2.58. The van der Waals surface area contributed by atoms with Gasteiger partial charge in [0.15, 0.2) is 0 Å². The molecule has 2 rings (SSSR count). The van der Waals surface area contributed by atoms with Crippen molar-refractivity contribution in [2.75, 3.05) is 11.5 Å². The zero-order valence-corrected chi connectivity index (χ0v) is 8.25. The highest BCUT2D eigenvalue weighted by molar-refractivity contribution is 5.98. The molecular weight excluding hydrogens is 172 g/mol. The van der Waals surface area contributed by atoms with Gasteiger partial charge in [0.05, 0.1) is 0 Å². The van der Waals surface area contributed by atoms with Crippen LogP contribution in [0.3, 0.4) is 0 Å². The van der Waals surface area contributed by atoms with Gasteiger partial charge in [-0.25, -0.2) is 0 Å². The molecule has 0 saturated carbocycles. The Balaban J connectivity index is 2.90. The molecule has 0 fully saturated rings. The highest BCUT2D eigenvalue weighted by Crippen LogP contribution is 2.29. The van der Waals surface area contributed by atoms with Crippen LogP contribution < -0.4 is 11.5 Å². The van der Waals surface area contributed by atoms with Gasteiger partial charge < -0.3 is 11.5 Å². The summed E-state index contributed by atoms with van der Waals surface area (Å²) in [4.78, 5) is 0. The average molecular weight is 186 g/mol. The van der Waals surface area contributed by atoms with Gasteiger partial charge in [-0.1, -0.05) is 31.2 Å². The first-order valence-electron chi connectivity index (χ1n) is 4.79. The molecule has 0 heterocycles. The molecule has 4 N–H and O–H groups in total. The van der Waals surface area contributed by atoms with Crippen LogP contribution in [0.1, 0.15) is 12.5 Å². The molecule has 72 valence electrons. The van der Waals surface area contributed by atoms with E-state index in [4.69, 9.17) is 11.5 Å². The van der Waals surface area contributed by atoms with E-state index in [1.54, 1.807) is 0 Å². The molecule has 2 aromatic carbocycles. The van der Waals surface area contributed by atoms with Gasteiger partial charge in [-0.2, -0.15) is 0 Å². The van der Waals surface area contributed by atoms with E-state index in [0.717, 1.165) is 23.2 Å². The molecule has 0 radical (unpaired) electrons. The number of anilines is 2. The van der Waals surface area contributed by atoms with Crippen LogP contribution in [0.5, 0.6) is 0 Å². The number of rotatable bonds is 1. The largest absolute Gasteiger partial charge is 0.398 e. The Labute approximate surface area is 83.5 Å². The number of hydrogen-bond acceptors (Lipinski definition) is 2. The average Bonchev–Trinajstić information content (AvgIpc) is 2.18. The van der Waals surface area contributed by atoms with E-state index in [-0.39, 0.29) is 0 Å². The minimum atomic E-state index is 0.760. The Morgan fingerprint density at radius 1 is 1.00 bits per heavy atom. The second-order valence-corrected chi connectivity index (χ2v) is 3.43. The van der Waals surface area contributed by atoms with Crippen molar-refractivity contribution in [3.63, 3.8) is 0 Å². The summed E-state index contributed by atoms with van der Waals surface area (Å²) >= 11 is 0. The van der Waals surface area contributed by atoms with Crippen molar-refractivity contribution < 1.29 is 0 Å². The molecule has 0 aromatic heterocycles. The predicted octanol–water partition coefficient (Wildman–Crippen LogP) is 2.57. The summed E-state index contributed by atoms with van der Waals surface area (Å²) in [6.07, 6.45) is 0.937. The normalized spacial score (nSPS) is 10.6. The van der Waals surface area contributed by atoms with Crippen molar-refractivity contribution in [1.29, 1.82) is 0 Å². The topological polar surface area (TPSA) is 52.0 Å². The first-order valence-corrected chi connectivity index (χ1v) is 4.79. The Kier molecular flexibility index (Phi) is 2.04. The van der Waals surface area contributed by atoms with Crippen molar-refractivity contribution in [2.45, 2.75) is 13.3 Å². The van der Waals surface area contributed by atoms with E-state index in [0.29, 0.717) is 0 Å². The minimum absolute atomic E-state index is 0.760. The molecule has 0 aliphatic heterocycles. The molecule has 0 spiro atoms. The van der Waals surface area contributed by atoms with Crippen molar-refractivity contribution in [3.05, 3.63) is 35.9 Å². The molecule has 2 heteroatoms. The van der Waals surface area contributed by atoms with Crippen LogP contribution in [-0.4, -0.2) is 0 Å². The number of benzene rings is 2. The van der Waals surface area contributed by atoms with E-state index < -0.39 is 0 Å². The SMILES string of the molecule is CCc1c(N)cc(N)c2ccccc12. The Morgan fingerprint density at radius 3 is 2.29 bits per heavy atom. The quantitative estimate of drug-likeness (QED) is 0.672. The van der Waals surface area contributed by atoms with Crippen LogP contribution in [0, 0.1) is 0 Å². The van der Waals surface area contributed by atoms with Gasteiger partial charge in [0.2, 0.25) is 0 Å². The smallest absolute Gasteiger partial charge is 0.0414 e. The fourth-order valence-corrected chi connectivity index (χ4v) is 1.88. The van der Waals surface area contributed by atoms with Crippen LogP contribution in [0.4, 0.5) is 11.4 Å². The molecule has 0 aliphatic carbocycles. The molecule has 0 unspecified atom stereocenters. The van der Waals surface area contributed by atoms with Crippen LogP contribution >= 0.6 is 0 Å². The summed E-state index contributed by atoms with van der Waals surface area (Å²) < 4.78 is 0. The van der Waals surface area contributed by atoms with Gasteiger partial charge in [-0.15, -0.1) is 0 Å². The van der Waals surface area contributed by atoms with Crippen molar-refractivity contribution in [1.82, 2.24) is 0 Å². The second kappa shape index (κ2) is 3.22. The number of nitrogens with two attached hydrogens (primary N) is 2. The minimum Gasteiger partial charge on any atom is -0.398 e. The maximum atomic E-state index is 5.92. The van der Waals surface area contributed by atoms with Crippen LogP contribution in [0.15, 0.2) is 30.3 Å². The molecule has 14 heavy (non-hydrogen) atoms. The fourth-order valence-electron chi connectivity index (χ4n) is 1.88. The van der Waals surface area contributed by atoms with Gasteiger partial charge >= 0.3 is 0 Å². The van der Waals surface area contributed by atoms with Gasteiger partial charge in [0.25, 0.3) is 0 Å². The number of aryl methyl sites for hydroxylation is 1. The maximum absolute atomic E-state index is 5.92. The summed E-state index contributed by atoms with van der Waals surface area (Å²) in [7, 11) is 0. The van der Waals surface area contributed by atoms with E-state index in [9.17, 15) is 0 Å². The molecule has 0 bridgehead atoms. The lowest BCUT2D eigenvalue weighted by molar-refractivity contribution is 1.16. The molecular formula is C12H14N2. The van der Waals surface area contributed by atoms with Gasteiger partial charge in [0, 0.05) is 16.8 Å². The Bertz CT molecular complexity index is 475. The summed E-state index contributed by atoms with van der Waals surface area (Å²) in [6.45, 7) is 2.11. The number of fused-ring (bicyclic) bond motifs is 1. The zero-order valence-electron chi connectivity index (χ0n) is 8.25. The first kappa shape index (κ1) is 8.88. The molecule has 2 nitrogen and oxygen atoms in total. The highest BCUT2D eigenvalue weighted by atomic mass is 14.6. The van der Waals surface area contributed by atoms with Crippen molar-refractivity contribution >= 4 is 22.1 Å².